The first kappa shape index (κ1) is 11.7. The zero-order chi connectivity index (χ0) is 13.4. The second-order valence-corrected chi connectivity index (χ2v) is 4.52. The van der Waals surface area contributed by atoms with Crippen LogP contribution in [-0.2, 0) is 13.0 Å². The summed E-state index contributed by atoms with van der Waals surface area (Å²) < 4.78 is 13.1. The van der Waals surface area contributed by atoms with E-state index in [9.17, 15) is 14.0 Å². The zero-order valence-corrected chi connectivity index (χ0v) is 10.1. The first-order valence-electron chi connectivity index (χ1n) is 5.98. The van der Waals surface area contributed by atoms with Crippen molar-refractivity contribution >= 4 is 5.91 Å². The number of rotatable bonds is 1. The van der Waals surface area contributed by atoms with Crippen LogP contribution in [0.1, 0.15) is 21.6 Å². The number of carbonyl (C=O) groups excluding carboxylic acids is 1. The molecule has 0 fully saturated rings. The smallest absolute Gasteiger partial charge is 0.267 e. The second-order valence-electron chi connectivity index (χ2n) is 4.52. The molecule has 0 spiro atoms. The van der Waals surface area contributed by atoms with Gasteiger partial charge in [-0.1, -0.05) is 6.07 Å². The minimum atomic E-state index is -0.432. The first-order valence-corrected chi connectivity index (χ1v) is 5.98. The summed E-state index contributed by atoms with van der Waals surface area (Å²) in [5.41, 5.74) is 1.61. The Morgan fingerprint density at radius 2 is 2.16 bits per heavy atom. The number of nitrogens with zero attached hydrogens (tertiary/aromatic N) is 1. The molecule has 0 atom stereocenters. The fraction of sp³-hybridized carbons (Fsp3) is 0.231. The van der Waals surface area contributed by atoms with Gasteiger partial charge in [-0.3, -0.25) is 14.7 Å². The van der Waals surface area contributed by atoms with E-state index < -0.39 is 5.82 Å². The topological polar surface area (TPSA) is 69.0 Å². The molecule has 2 N–H and O–H groups in total. The zero-order valence-electron chi connectivity index (χ0n) is 10.1. The van der Waals surface area contributed by atoms with Crippen LogP contribution < -0.4 is 5.56 Å². The van der Waals surface area contributed by atoms with Crippen molar-refractivity contribution in [1.82, 2.24) is 15.1 Å². The summed E-state index contributed by atoms with van der Waals surface area (Å²) in [7, 11) is 0. The van der Waals surface area contributed by atoms with Crippen LogP contribution in [0.3, 0.4) is 0 Å². The van der Waals surface area contributed by atoms with Crippen molar-refractivity contribution in [3.05, 3.63) is 57.3 Å². The van der Waals surface area contributed by atoms with E-state index in [2.05, 4.69) is 10.2 Å². The number of hydrogen-bond donors (Lipinski definition) is 2. The summed E-state index contributed by atoms with van der Waals surface area (Å²) in [6, 6.07) is 5.61. The number of halogens is 1. The number of hydrogen-bond acceptors (Lipinski definition) is 2. The Morgan fingerprint density at radius 3 is 2.95 bits per heavy atom. The molecule has 0 bridgehead atoms. The van der Waals surface area contributed by atoms with Crippen LogP contribution in [0.4, 0.5) is 4.39 Å². The number of aromatic nitrogens is 2. The number of benzene rings is 1. The fourth-order valence-electron chi connectivity index (χ4n) is 2.31. The van der Waals surface area contributed by atoms with Gasteiger partial charge in [0.05, 0.1) is 12.2 Å². The molecule has 0 saturated carbocycles. The number of H-pyrrole nitrogens is 2. The molecular weight excluding hydrogens is 249 g/mol. The Hall–Kier alpha value is -2.37. The van der Waals surface area contributed by atoms with Gasteiger partial charge in [-0.25, -0.2) is 4.39 Å². The van der Waals surface area contributed by atoms with Crippen molar-refractivity contribution in [2.45, 2.75) is 13.0 Å². The summed E-state index contributed by atoms with van der Waals surface area (Å²) in [6.45, 7) is 0.798. The van der Waals surface area contributed by atoms with E-state index in [0.717, 1.165) is 5.69 Å². The Bertz CT molecular complexity index is 689. The lowest BCUT2D eigenvalue weighted by molar-refractivity contribution is 0.0732. The van der Waals surface area contributed by atoms with Gasteiger partial charge < -0.3 is 10.00 Å². The fourth-order valence-corrected chi connectivity index (χ4v) is 2.31. The predicted octanol–water partition coefficient (Wildman–Crippen LogP) is 1.04. The van der Waals surface area contributed by atoms with Crippen LogP contribution in [0.25, 0.3) is 0 Å². The number of aromatic amines is 2. The summed E-state index contributed by atoms with van der Waals surface area (Å²) in [6.07, 6.45) is 0.509. The van der Waals surface area contributed by atoms with Gasteiger partial charge in [-0.15, -0.1) is 0 Å². The predicted molar refractivity (Wildman–Crippen MR) is 66.3 cm³/mol. The summed E-state index contributed by atoms with van der Waals surface area (Å²) >= 11 is 0. The normalized spacial score (nSPS) is 14.3. The highest BCUT2D eigenvalue weighted by Gasteiger charge is 2.24. The van der Waals surface area contributed by atoms with Crippen molar-refractivity contribution in [2.75, 3.05) is 6.54 Å². The van der Waals surface area contributed by atoms with E-state index in [-0.39, 0.29) is 11.5 Å². The Kier molecular flexibility index (Phi) is 2.70. The number of fused-ring (bicyclic) bond motifs is 1. The number of amides is 1. The average Bonchev–Trinajstić information content (AvgIpc) is 2.79. The van der Waals surface area contributed by atoms with Gasteiger partial charge in [0.2, 0.25) is 0 Å². The Labute approximate surface area is 108 Å². The highest BCUT2D eigenvalue weighted by atomic mass is 19.1. The molecule has 98 valence electrons. The molecule has 1 amide bonds. The third kappa shape index (κ3) is 2.05. The molecule has 5 nitrogen and oxygen atoms in total. The third-order valence-electron chi connectivity index (χ3n) is 3.30. The number of carbonyl (C=O) groups is 1. The van der Waals surface area contributed by atoms with Crippen molar-refractivity contribution in [3.8, 4) is 0 Å². The molecule has 6 heteroatoms. The molecule has 0 aliphatic carbocycles. The van der Waals surface area contributed by atoms with Gasteiger partial charge in [0.25, 0.3) is 11.5 Å². The van der Waals surface area contributed by atoms with Gasteiger partial charge in [-0.05, 0) is 24.6 Å². The van der Waals surface area contributed by atoms with Gasteiger partial charge in [0, 0.05) is 17.7 Å². The number of nitrogens with one attached hydrogen (secondary N) is 2. The van der Waals surface area contributed by atoms with Crippen molar-refractivity contribution in [1.29, 1.82) is 0 Å². The standard InChI is InChI=1S/C13H12FN3O2/c14-9-3-1-2-8(6-9)13(19)17-5-4-10-11(7-17)15-16-12(10)18/h1-3,6H,4-5,7H2,(H2,15,16,18). The largest absolute Gasteiger partial charge is 0.332 e. The van der Waals surface area contributed by atoms with Crippen molar-refractivity contribution in [2.24, 2.45) is 0 Å². The maximum absolute atomic E-state index is 13.1. The average molecular weight is 261 g/mol. The molecular formula is C13H12FN3O2. The van der Waals surface area contributed by atoms with E-state index in [1.54, 1.807) is 11.0 Å². The molecule has 1 aliphatic heterocycles. The maximum atomic E-state index is 13.1. The lowest BCUT2D eigenvalue weighted by atomic mass is 10.1. The van der Waals surface area contributed by atoms with E-state index in [0.29, 0.717) is 30.6 Å². The summed E-state index contributed by atoms with van der Waals surface area (Å²) in [4.78, 5) is 25.2. The van der Waals surface area contributed by atoms with Crippen LogP contribution in [-0.4, -0.2) is 27.5 Å². The van der Waals surface area contributed by atoms with Crippen LogP contribution >= 0.6 is 0 Å². The van der Waals surface area contributed by atoms with Gasteiger partial charge >= 0.3 is 0 Å². The molecule has 2 heterocycles. The molecule has 0 radical (unpaired) electrons. The first-order chi connectivity index (χ1) is 9.15. The molecule has 0 saturated heterocycles. The molecule has 1 aliphatic rings. The van der Waals surface area contributed by atoms with Gasteiger partial charge in [0.1, 0.15) is 5.82 Å². The van der Waals surface area contributed by atoms with Crippen LogP contribution in [0.2, 0.25) is 0 Å². The minimum absolute atomic E-state index is 0.132. The lowest BCUT2D eigenvalue weighted by Crippen LogP contribution is -2.36. The minimum Gasteiger partial charge on any atom is -0.332 e. The Balaban J connectivity index is 1.85. The molecule has 1 aromatic heterocycles. The van der Waals surface area contributed by atoms with E-state index in [1.807, 2.05) is 0 Å². The monoisotopic (exact) mass is 261 g/mol. The SMILES string of the molecule is O=C(c1cccc(F)c1)N1CCc2c([nH][nH]c2=O)C1. The molecule has 19 heavy (non-hydrogen) atoms. The second kappa shape index (κ2) is 4.38. The van der Waals surface area contributed by atoms with E-state index >= 15 is 0 Å². The highest BCUT2D eigenvalue weighted by Crippen LogP contribution is 2.16. The molecule has 0 unspecified atom stereocenters. The molecule has 3 rings (SSSR count). The van der Waals surface area contributed by atoms with Crippen LogP contribution in [0.15, 0.2) is 29.1 Å². The summed E-state index contributed by atoms with van der Waals surface area (Å²) in [5.74, 6) is -0.661. The Morgan fingerprint density at radius 1 is 1.32 bits per heavy atom. The van der Waals surface area contributed by atoms with Crippen molar-refractivity contribution in [3.63, 3.8) is 0 Å². The van der Waals surface area contributed by atoms with Crippen LogP contribution in [0.5, 0.6) is 0 Å². The van der Waals surface area contributed by atoms with Gasteiger partial charge in [0.15, 0.2) is 0 Å². The van der Waals surface area contributed by atoms with E-state index in [4.69, 9.17) is 0 Å². The lowest BCUT2D eigenvalue weighted by Gasteiger charge is -2.26. The quantitative estimate of drug-likeness (QED) is 0.805. The maximum Gasteiger partial charge on any atom is 0.267 e. The summed E-state index contributed by atoms with van der Waals surface area (Å²) in [5, 5.41) is 5.28. The van der Waals surface area contributed by atoms with Gasteiger partial charge in [-0.2, -0.15) is 0 Å². The molecule has 2 aromatic rings. The third-order valence-corrected chi connectivity index (χ3v) is 3.30. The molecule has 1 aromatic carbocycles. The van der Waals surface area contributed by atoms with Crippen molar-refractivity contribution < 1.29 is 9.18 Å². The highest BCUT2D eigenvalue weighted by molar-refractivity contribution is 5.94. The van der Waals surface area contributed by atoms with E-state index in [1.165, 1.54) is 18.2 Å². The van der Waals surface area contributed by atoms with Crippen LogP contribution in [0, 0.1) is 5.82 Å².